The van der Waals surface area contributed by atoms with Crippen LogP contribution in [0.15, 0.2) is 60.9 Å². The first kappa shape index (κ1) is 36.9. The van der Waals surface area contributed by atoms with Crippen LogP contribution in [0.25, 0.3) is 33.6 Å². The number of aromatic nitrogens is 4. The zero-order valence-electron chi connectivity index (χ0n) is 31.9. The number of aromatic amines is 2. The summed E-state index contributed by atoms with van der Waals surface area (Å²) in [7, 11) is 1.30. The van der Waals surface area contributed by atoms with E-state index in [1.807, 2.05) is 36.0 Å². The number of carbonyl (C=O) groups excluding carboxylic acids is 3. The minimum absolute atomic E-state index is 0.0113. The van der Waals surface area contributed by atoms with E-state index in [-0.39, 0.29) is 41.3 Å². The first-order valence-electron chi connectivity index (χ1n) is 19.7. The van der Waals surface area contributed by atoms with Crippen molar-refractivity contribution >= 4 is 17.9 Å². The van der Waals surface area contributed by atoms with E-state index in [1.54, 1.807) is 0 Å². The lowest BCUT2D eigenvalue weighted by Gasteiger charge is -2.30. The maximum atomic E-state index is 13.8. The molecular formula is C42H51N7O6. The number of imidazole rings is 2. The largest absolute Gasteiger partial charge is 0.453 e. The van der Waals surface area contributed by atoms with Gasteiger partial charge in [-0.1, -0.05) is 62.4 Å². The molecule has 8 rings (SSSR count). The number of nitrogens with zero attached hydrogens (tertiary/aromatic N) is 4. The molecule has 0 saturated carbocycles. The Kier molecular flexibility index (Phi) is 10.5. The van der Waals surface area contributed by atoms with Crippen LogP contribution in [0.2, 0.25) is 0 Å². The van der Waals surface area contributed by atoms with E-state index >= 15 is 0 Å². The van der Waals surface area contributed by atoms with Gasteiger partial charge in [-0.25, -0.2) is 14.8 Å². The lowest BCUT2D eigenvalue weighted by atomic mass is 9.96. The minimum atomic E-state index is -0.678. The van der Waals surface area contributed by atoms with Gasteiger partial charge in [-0.2, -0.15) is 0 Å². The molecule has 0 bridgehead atoms. The summed E-state index contributed by atoms with van der Waals surface area (Å²) < 4.78 is 16.6. The monoisotopic (exact) mass is 749 g/mol. The van der Waals surface area contributed by atoms with Gasteiger partial charge in [0.15, 0.2) is 0 Å². The number of benzene rings is 2. The molecule has 6 heterocycles. The summed E-state index contributed by atoms with van der Waals surface area (Å²) in [6.07, 6.45) is 9.01. The third-order valence-corrected chi connectivity index (χ3v) is 11.9. The van der Waals surface area contributed by atoms with Crippen LogP contribution < -0.4 is 5.32 Å². The number of ether oxygens (including phenoxy) is 3. The number of H-pyrrole nitrogens is 2. The second-order valence-corrected chi connectivity index (χ2v) is 15.8. The van der Waals surface area contributed by atoms with E-state index in [2.05, 4.69) is 68.8 Å². The summed E-state index contributed by atoms with van der Waals surface area (Å²) in [6, 6.07) is 15.8. The number of amides is 3. The second kappa shape index (κ2) is 15.6. The highest BCUT2D eigenvalue weighted by molar-refractivity contribution is 5.86. The average molecular weight is 750 g/mol. The zero-order chi connectivity index (χ0) is 38.1. The van der Waals surface area contributed by atoms with Crippen LogP contribution in [-0.2, 0) is 23.8 Å². The van der Waals surface area contributed by atoms with Crippen LogP contribution in [-0.4, -0.2) is 99.3 Å². The smallest absolute Gasteiger partial charge is 0.407 e. The molecule has 4 aromatic rings. The molecule has 0 aliphatic carbocycles. The molecule has 4 aliphatic heterocycles. The second-order valence-electron chi connectivity index (χ2n) is 15.8. The number of alkyl carbamates (subject to hydrolysis) is 1. The highest BCUT2D eigenvalue weighted by Gasteiger charge is 2.51. The molecule has 290 valence electrons. The first-order chi connectivity index (χ1) is 26.7. The molecule has 4 saturated heterocycles. The molecule has 3 amide bonds. The molecule has 0 radical (unpaired) electrons. The predicted octanol–water partition coefficient (Wildman–Crippen LogP) is 6.43. The molecule has 0 unspecified atom stereocenters. The first-order valence-corrected chi connectivity index (χ1v) is 19.7. The highest BCUT2D eigenvalue weighted by atomic mass is 16.5. The van der Waals surface area contributed by atoms with Crippen molar-refractivity contribution < 1.29 is 28.6 Å². The number of methoxy groups -OCH3 is 1. The van der Waals surface area contributed by atoms with Gasteiger partial charge < -0.3 is 39.3 Å². The summed E-state index contributed by atoms with van der Waals surface area (Å²) in [5.74, 6) is 1.51. The molecule has 13 heteroatoms. The lowest BCUT2D eigenvalue weighted by Crippen LogP contribution is -2.51. The number of likely N-dealkylation sites (tertiary alicyclic amines) is 2. The minimum Gasteiger partial charge on any atom is -0.453 e. The summed E-state index contributed by atoms with van der Waals surface area (Å²) in [6.45, 7) is 7.06. The fraction of sp³-hybridized carbons (Fsp3) is 0.500. The van der Waals surface area contributed by atoms with Crippen molar-refractivity contribution in [1.29, 1.82) is 0 Å². The van der Waals surface area contributed by atoms with Crippen molar-refractivity contribution in [2.75, 3.05) is 40.0 Å². The van der Waals surface area contributed by atoms with E-state index in [1.165, 1.54) is 7.11 Å². The fourth-order valence-electron chi connectivity index (χ4n) is 8.83. The van der Waals surface area contributed by atoms with Crippen LogP contribution in [0.3, 0.4) is 0 Å². The molecule has 4 aliphatic rings. The maximum Gasteiger partial charge on any atom is 0.407 e. The Morgan fingerprint density at radius 2 is 1.42 bits per heavy atom. The molecule has 55 heavy (non-hydrogen) atoms. The predicted molar refractivity (Wildman–Crippen MR) is 205 cm³/mol. The Morgan fingerprint density at radius 3 is 1.98 bits per heavy atom. The number of nitrogens with one attached hydrogen (secondary N) is 3. The van der Waals surface area contributed by atoms with Crippen molar-refractivity contribution in [3.63, 3.8) is 0 Å². The standard InChI is InChI=1S/C42H51N7O6/c1-26(2)36(47-41(52)53-3)40(51)48-18-4-6-34(48)37-43-23-32(45-37)29-11-7-27(8-12-29)28-9-13-30(14-10-28)33-24-44-38(46-33)35-22-42(17-5-19-55-42)25-49(35)39(50)31-15-20-54-21-16-31/h7-14,23-24,26,31,34-36H,4-6,15-22,25H2,1-3H3,(H,43,45)(H,44,46)(H,47,52)/t34-,35-,36-,42-/m0/s1. The Balaban J connectivity index is 0.935. The van der Waals surface area contributed by atoms with Crippen LogP contribution in [0.5, 0.6) is 0 Å². The van der Waals surface area contributed by atoms with E-state index < -0.39 is 12.1 Å². The zero-order valence-corrected chi connectivity index (χ0v) is 31.9. The van der Waals surface area contributed by atoms with Gasteiger partial charge in [0, 0.05) is 38.7 Å². The maximum absolute atomic E-state index is 13.8. The Labute approximate surface area is 321 Å². The molecule has 1 spiro atoms. The molecule has 13 nitrogen and oxygen atoms in total. The van der Waals surface area contributed by atoms with Crippen molar-refractivity contribution in [3.8, 4) is 33.6 Å². The van der Waals surface area contributed by atoms with Gasteiger partial charge >= 0.3 is 6.09 Å². The highest BCUT2D eigenvalue weighted by Crippen LogP contribution is 2.45. The van der Waals surface area contributed by atoms with Crippen molar-refractivity contribution in [3.05, 3.63) is 72.6 Å². The van der Waals surface area contributed by atoms with E-state index in [0.717, 1.165) is 96.8 Å². The molecule has 3 N–H and O–H groups in total. The van der Waals surface area contributed by atoms with Crippen LogP contribution in [0.1, 0.15) is 82.5 Å². The van der Waals surface area contributed by atoms with Gasteiger partial charge in [-0.3, -0.25) is 9.59 Å². The fourth-order valence-corrected chi connectivity index (χ4v) is 8.83. The molecule has 2 aromatic carbocycles. The van der Waals surface area contributed by atoms with Gasteiger partial charge in [0.25, 0.3) is 0 Å². The number of carbonyl (C=O) groups is 3. The summed E-state index contributed by atoms with van der Waals surface area (Å²) in [4.78, 5) is 59.6. The molecule has 4 atom stereocenters. The van der Waals surface area contributed by atoms with Gasteiger partial charge in [0.1, 0.15) is 17.7 Å². The van der Waals surface area contributed by atoms with Crippen molar-refractivity contribution in [2.45, 2.75) is 82.5 Å². The summed E-state index contributed by atoms with van der Waals surface area (Å²) >= 11 is 0. The van der Waals surface area contributed by atoms with Gasteiger partial charge in [-0.15, -0.1) is 0 Å². The topological polar surface area (TPSA) is 155 Å². The molecular weight excluding hydrogens is 699 g/mol. The number of hydrogen-bond donors (Lipinski definition) is 3. The van der Waals surface area contributed by atoms with Gasteiger partial charge in [0.2, 0.25) is 11.8 Å². The normalized spacial score (nSPS) is 23.5. The van der Waals surface area contributed by atoms with Crippen molar-refractivity contribution in [1.82, 2.24) is 35.1 Å². The SMILES string of the molecule is COC(=O)N[C@H](C(=O)N1CCC[C@H]1c1ncc(-c2ccc(-c3ccc(-c4cnc([C@@H]5C[C@@]6(CCCO6)CN5C(=O)C5CCOCC5)[nH]4)cc3)cc2)[nH]1)C(C)C. The van der Waals surface area contributed by atoms with Crippen LogP contribution in [0, 0.1) is 11.8 Å². The van der Waals surface area contributed by atoms with Crippen molar-refractivity contribution in [2.24, 2.45) is 11.8 Å². The van der Waals surface area contributed by atoms with Gasteiger partial charge in [0.05, 0.1) is 55.1 Å². The lowest BCUT2D eigenvalue weighted by molar-refractivity contribution is -0.140. The Bertz CT molecular complexity index is 1980. The quantitative estimate of drug-likeness (QED) is 0.177. The van der Waals surface area contributed by atoms with Crippen LogP contribution in [0.4, 0.5) is 4.79 Å². The summed E-state index contributed by atoms with van der Waals surface area (Å²) in [5.41, 5.74) is 5.70. The molecule has 2 aromatic heterocycles. The molecule has 4 fully saturated rings. The average Bonchev–Trinajstić information content (AvgIpc) is 4.07. The van der Waals surface area contributed by atoms with E-state index in [4.69, 9.17) is 19.2 Å². The van der Waals surface area contributed by atoms with Crippen LogP contribution >= 0.6 is 0 Å². The number of hydrogen-bond acceptors (Lipinski definition) is 8. The Hall–Kier alpha value is -5.01. The van der Waals surface area contributed by atoms with E-state index in [9.17, 15) is 14.4 Å². The third kappa shape index (κ3) is 7.51. The number of rotatable bonds is 9. The van der Waals surface area contributed by atoms with E-state index in [0.29, 0.717) is 26.3 Å². The Morgan fingerprint density at radius 1 is 0.818 bits per heavy atom. The summed E-state index contributed by atoms with van der Waals surface area (Å²) in [5, 5.41) is 2.70. The third-order valence-electron chi connectivity index (χ3n) is 11.9. The van der Waals surface area contributed by atoms with Gasteiger partial charge in [-0.05, 0) is 66.7 Å².